The minimum absolute atomic E-state index is 0.0394. The summed E-state index contributed by atoms with van der Waals surface area (Å²) in [4.78, 5) is 26.0. The summed E-state index contributed by atoms with van der Waals surface area (Å²) in [7, 11) is 1.73. The van der Waals surface area contributed by atoms with Gasteiger partial charge in [-0.2, -0.15) is 0 Å². The van der Waals surface area contributed by atoms with Crippen molar-refractivity contribution in [2.75, 3.05) is 20.1 Å². The fourth-order valence-electron chi connectivity index (χ4n) is 2.81. The predicted molar refractivity (Wildman–Crippen MR) is 114 cm³/mol. The summed E-state index contributed by atoms with van der Waals surface area (Å²) in [5, 5.41) is 6.75. The number of rotatable bonds is 8. The van der Waals surface area contributed by atoms with Crippen molar-refractivity contribution in [1.82, 2.24) is 15.4 Å². The quantitative estimate of drug-likeness (QED) is 0.558. The minimum Gasteiger partial charge on any atom is -0.361 e. The molecular formula is C22H22BrN3O3. The van der Waals surface area contributed by atoms with Crippen molar-refractivity contribution in [2.24, 2.45) is 0 Å². The molecule has 1 aromatic heterocycles. The van der Waals surface area contributed by atoms with Crippen molar-refractivity contribution in [3.63, 3.8) is 0 Å². The van der Waals surface area contributed by atoms with E-state index in [1.807, 2.05) is 42.5 Å². The molecule has 6 nitrogen and oxygen atoms in total. The Hall–Kier alpha value is -2.93. The molecule has 0 aliphatic heterocycles. The number of aromatic nitrogens is 1. The van der Waals surface area contributed by atoms with Crippen LogP contribution in [0.5, 0.6) is 0 Å². The number of carbonyl (C=O) groups excluding carboxylic acids is 2. The van der Waals surface area contributed by atoms with E-state index in [0.29, 0.717) is 18.5 Å². The number of amides is 2. The normalized spacial score (nSPS) is 10.6. The highest BCUT2D eigenvalue weighted by atomic mass is 79.9. The van der Waals surface area contributed by atoms with Crippen molar-refractivity contribution >= 4 is 27.7 Å². The third-order valence-electron chi connectivity index (χ3n) is 4.46. The van der Waals surface area contributed by atoms with Crippen molar-refractivity contribution in [3.8, 4) is 11.3 Å². The van der Waals surface area contributed by atoms with E-state index in [1.165, 1.54) is 0 Å². The Morgan fingerprint density at radius 1 is 1.10 bits per heavy atom. The van der Waals surface area contributed by atoms with Crippen LogP contribution < -0.4 is 5.32 Å². The fourth-order valence-corrected chi connectivity index (χ4v) is 3.21. The minimum atomic E-state index is -0.275. The lowest BCUT2D eigenvalue weighted by Crippen LogP contribution is -2.38. The average molecular weight is 456 g/mol. The first-order valence-corrected chi connectivity index (χ1v) is 10.1. The van der Waals surface area contributed by atoms with Gasteiger partial charge in [0, 0.05) is 41.7 Å². The number of hydrogen-bond donors (Lipinski definition) is 1. The molecule has 1 heterocycles. The van der Waals surface area contributed by atoms with Crippen molar-refractivity contribution in [2.45, 2.75) is 12.8 Å². The number of hydrogen-bond acceptors (Lipinski definition) is 4. The van der Waals surface area contributed by atoms with Gasteiger partial charge in [-0.1, -0.05) is 57.5 Å². The average Bonchev–Trinajstić information content (AvgIpc) is 3.21. The lowest BCUT2D eigenvalue weighted by Gasteiger charge is -2.17. The molecular weight excluding hydrogens is 434 g/mol. The summed E-state index contributed by atoms with van der Waals surface area (Å²) < 4.78 is 6.20. The van der Waals surface area contributed by atoms with Gasteiger partial charge in [0.25, 0.3) is 5.91 Å². The first-order valence-electron chi connectivity index (χ1n) is 9.31. The zero-order chi connectivity index (χ0) is 20.6. The third-order valence-corrected chi connectivity index (χ3v) is 4.95. The highest BCUT2D eigenvalue weighted by molar-refractivity contribution is 9.10. The molecule has 2 aromatic carbocycles. The van der Waals surface area contributed by atoms with Gasteiger partial charge in [-0.25, -0.2) is 0 Å². The molecule has 1 N–H and O–H groups in total. The van der Waals surface area contributed by atoms with E-state index in [2.05, 4.69) is 26.4 Å². The largest absolute Gasteiger partial charge is 0.361 e. The van der Waals surface area contributed by atoms with Crippen LogP contribution in [0, 0.1) is 0 Å². The molecule has 0 aliphatic rings. The maximum absolute atomic E-state index is 12.2. The van der Waals surface area contributed by atoms with Gasteiger partial charge in [0.2, 0.25) is 5.91 Å². The molecule has 2 amide bonds. The van der Waals surface area contributed by atoms with Crippen LogP contribution in [0.1, 0.15) is 22.5 Å². The van der Waals surface area contributed by atoms with Crippen LogP contribution >= 0.6 is 15.9 Å². The molecule has 0 bridgehead atoms. The fraction of sp³-hybridized carbons (Fsp3) is 0.227. The zero-order valence-corrected chi connectivity index (χ0v) is 17.7. The topological polar surface area (TPSA) is 75.4 Å². The van der Waals surface area contributed by atoms with Crippen LogP contribution in [-0.4, -0.2) is 42.0 Å². The van der Waals surface area contributed by atoms with E-state index in [1.54, 1.807) is 30.1 Å². The lowest BCUT2D eigenvalue weighted by atomic mass is 10.1. The molecule has 3 aromatic rings. The number of halogens is 1. The number of likely N-dealkylation sites (N-methyl/N-ethyl adjacent to an activating group) is 1. The number of benzene rings is 2. The Morgan fingerprint density at radius 3 is 2.66 bits per heavy atom. The van der Waals surface area contributed by atoms with Crippen molar-refractivity contribution in [3.05, 3.63) is 76.5 Å². The van der Waals surface area contributed by atoms with Crippen LogP contribution in [-0.2, 0) is 11.2 Å². The van der Waals surface area contributed by atoms with Crippen molar-refractivity contribution < 1.29 is 14.1 Å². The Bertz CT molecular complexity index is 972. The predicted octanol–water partition coefficient (Wildman–Crippen LogP) is 3.93. The van der Waals surface area contributed by atoms with E-state index in [9.17, 15) is 9.59 Å². The lowest BCUT2D eigenvalue weighted by molar-refractivity contribution is -0.128. The van der Waals surface area contributed by atoms with E-state index in [-0.39, 0.29) is 18.4 Å². The second-order valence-electron chi connectivity index (χ2n) is 6.66. The molecule has 0 fully saturated rings. The SMILES string of the molecule is CN(CCCc1cc(-c2ccccc2)no1)C(=O)CNC(=O)c1cccc(Br)c1. The maximum Gasteiger partial charge on any atom is 0.251 e. The van der Waals surface area contributed by atoms with E-state index in [0.717, 1.165) is 27.9 Å². The molecule has 0 saturated heterocycles. The zero-order valence-electron chi connectivity index (χ0n) is 16.1. The first-order chi connectivity index (χ1) is 14.0. The van der Waals surface area contributed by atoms with Gasteiger partial charge >= 0.3 is 0 Å². The number of nitrogens with zero attached hydrogens (tertiary/aromatic N) is 2. The summed E-state index contributed by atoms with van der Waals surface area (Å²) >= 11 is 3.33. The van der Waals surface area contributed by atoms with Gasteiger partial charge in [-0.05, 0) is 24.6 Å². The molecule has 0 saturated carbocycles. The highest BCUT2D eigenvalue weighted by Gasteiger charge is 2.13. The number of carbonyl (C=O) groups is 2. The molecule has 0 atom stereocenters. The van der Waals surface area contributed by atoms with Crippen LogP contribution in [0.3, 0.4) is 0 Å². The summed E-state index contributed by atoms with van der Waals surface area (Å²) in [6.07, 6.45) is 1.42. The molecule has 0 spiro atoms. The second-order valence-corrected chi connectivity index (χ2v) is 7.57. The Balaban J connectivity index is 1.41. The monoisotopic (exact) mass is 455 g/mol. The van der Waals surface area contributed by atoms with Crippen LogP contribution in [0.2, 0.25) is 0 Å². The third kappa shape index (κ3) is 6.02. The smallest absolute Gasteiger partial charge is 0.251 e. The molecule has 29 heavy (non-hydrogen) atoms. The van der Waals surface area contributed by atoms with Gasteiger partial charge in [0.1, 0.15) is 11.5 Å². The van der Waals surface area contributed by atoms with Gasteiger partial charge in [-0.15, -0.1) is 0 Å². The van der Waals surface area contributed by atoms with E-state index >= 15 is 0 Å². The summed E-state index contributed by atoms with van der Waals surface area (Å²) in [5.74, 6) is 0.367. The van der Waals surface area contributed by atoms with Gasteiger partial charge < -0.3 is 14.7 Å². The number of aryl methyl sites for hydroxylation is 1. The Kier molecular flexibility index (Phi) is 7.19. The molecule has 0 unspecified atom stereocenters. The standard InChI is InChI=1S/C22H22BrN3O3/c1-26(21(27)15-24-22(28)17-9-5-10-18(23)13-17)12-6-11-19-14-20(25-29-19)16-7-3-2-4-8-16/h2-5,7-10,13-14H,6,11-12,15H2,1H3,(H,24,28). The Morgan fingerprint density at radius 2 is 1.90 bits per heavy atom. The molecule has 3 rings (SSSR count). The second kappa shape index (κ2) is 10.0. The molecule has 0 aliphatic carbocycles. The summed E-state index contributed by atoms with van der Waals surface area (Å²) in [6, 6.07) is 18.8. The molecule has 7 heteroatoms. The molecule has 0 radical (unpaired) electrons. The van der Waals surface area contributed by atoms with Crippen LogP contribution in [0.25, 0.3) is 11.3 Å². The number of nitrogens with one attached hydrogen (secondary N) is 1. The maximum atomic E-state index is 12.2. The molecule has 150 valence electrons. The highest BCUT2D eigenvalue weighted by Crippen LogP contribution is 2.19. The van der Waals surface area contributed by atoms with E-state index < -0.39 is 0 Å². The van der Waals surface area contributed by atoms with Gasteiger partial charge in [0.05, 0.1) is 6.54 Å². The van der Waals surface area contributed by atoms with E-state index in [4.69, 9.17) is 4.52 Å². The van der Waals surface area contributed by atoms with Crippen LogP contribution in [0.15, 0.2) is 69.7 Å². The summed E-state index contributed by atoms with van der Waals surface area (Å²) in [6.45, 7) is 0.523. The van der Waals surface area contributed by atoms with Gasteiger partial charge in [0.15, 0.2) is 0 Å². The Labute approximate surface area is 178 Å². The van der Waals surface area contributed by atoms with Crippen LogP contribution in [0.4, 0.5) is 0 Å². The van der Waals surface area contributed by atoms with Gasteiger partial charge in [-0.3, -0.25) is 9.59 Å². The first kappa shape index (κ1) is 20.8. The summed E-state index contributed by atoms with van der Waals surface area (Å²) in [5.41, 5.74) is 2.32. The van der Waals surface area contributed by atoms with Crippen molar-refractivity contribution in [1.29, 1.82) is 0 Å².